The van der Waals surface area contributed by atoms with Crippen LogP contribution in [0.4, 0.5) is 4.79 Å². The number of imide groups is 1. The van der Waals surface area contributed by atoms with Crippen molar-refractivity contribution in [2.75, 3.05) is 13.2 Å². The predicted octanol–water partition coefficient (Wildman–Crippen LogP) is 2.97. The van der Waals surface area contributed by atoms with Gasteiger partial charge in [0.1, 0.15) is 12.1 Å². The van der Waals surface area contributed by atoms with E-state index >= 15 is 0 Å². The molecule has 1 aliphatic carbocycles. The minimum absolute atomic E-state index is 0.150. The summed E-state index contributed by atoms with van der Waals surface area (Å²) in [6.45, 7) is -1.08. The number of hydrogen-bond donors (Lipinski definition) is 1. The van der Waals surface area contributed by atoms with Crippen LogP contribution >= 0.6 is 23.2 Å². The highest BCUT2D eigenvalue weighted by Crippen LogP contribution is 2.33. The van der Waals surface area contributed by atoms with Gasteiger partial charge in [0.15, 0.2) is 6.61 Å². The van der Waals surface area contributed by atoms with E-state index in [2.05, 4.69) is 5.32 Å². The number of amides is 3. The van der Waals surface area contributed by atoms with Crippen molar-refractivity contribution < 1.29 is 23.9 Å². The number of carbonyl (C=O) groups excluding carboxylic acids is 4. The van der Waals surface area contributed by atoms with Gasteiger partial charge in [-0.15, -0.1) is 0 Å². The molecule has 1 spiro atoms. The van der Waals surface area contributed by atoms with E-state index in [1.807, 2.05) is 0 Å². The molecule has 1 aromatic rings. The summed E-state index contributed by atoms with van der Waals surface area (Å²) in [6, 6.07) is 3.74. The average molecular weight is 413 g/mol. The molecule has 0 bridgehead atoms. The van der Waals surface area contributed by atoms with Crippen molar-refractivity contribution in [3.63, 3.8) is 0 Å². The molecule has 3 amide bonds. The lowest BCUT2D eigenvalue weighted by Gasteiger charge is -2.30. The van der Waals surface area contributed by atoms with Gasteiger partial charge in [0.25, 0.3) is 5.91 Å². The number of urea groups is 1. The third-order valence-corrected chi connectivity index (χ3v) is 5.38. The van der Waals surface area contributed by atoms with E-state index in [1.54, 1.807) is 0 Å². The third kappa shape index (κ3) is 4.09. The summed E-state index contributed by atoms with van der Waals surface area (Å²) in [5.41, 5.74) is -0.729. The first-order chi connectivity index (χ1) is 12.8. The van der Waals surface area contributed by atoms with Gasteiger partial charge in [-0.2, -0.15) is 0 Å². The molecular weight excluding hydrogens is 395 g/mol. The van der Waals surface area contributed by atoms with Gasteiger partial charge in [-0.1, -0.05) is 42.5 Å². The van der Waals surface area contributed by atoms with Gasteiger partial charge in [0, 0.05) is 10.6 Å². The van der Waals surface area contributed by atoms with Crippen LogP contribution in [0.25, 0.3) is 0 Å². The molecule has 0 unspecified atom stereocenters. The van der Waals surface area contributed by atoms with Gasteiger partial charge in [-0.25, -0.2) is 4.79 Å². The van der Waals surface area contributed by atoms with Gasteiger partial charge < -0.3 is 10.1 Å². The summed E-state index contributed by atoms with van der Waals surface area (Å²) in [4.78, 5) is 49.7. The standard InChI is InChI=1S/C18H18Cl2N2O5/c19-11-4-5-12(13(20)8-11)14(23)10-27-15(24)9-22-16(25)18(21-17(22)26)6-2-1-3-7-18/h4-5,8H,1-3,6-7,9-10H2,(H,21,26). The maximum Gasteiger partial charge on any atom is 0.326 e. The van der Waals surface area contributed by atoms with Crippen molar-refractivity contribution in [2.45, 2.75) is 37.6 Å². The maximum absolute atomic E-state index is 12.6. The van der Waals surface area contributed by atoms with Crippen molar-refractivity contribution in [3.05, 3.63) is 33.8 Å². The number of halogens is 2. The fraction of sp³-hybridized carbons (Fsp3) is 0.444. The van der Waals surface area contributed by atoms with Gasteiger partial charge in [-0.3, -0.25) is 19.3 Å². The first-order valence-electron chi connectivity index (χ1n) is 8.60. The Morgan fingerprint density at radius 2 is 1.85 bits per heavy atom. The molecule has 1 saturated carbocycles. The number of Topliss-reactive ketones (excluding diaryl/α,β-unsaturated/α-hetero) is 1. The van der Waals surface area contributed by atoms with Crippen LogP contribution in [0.2, 0.25) is 10.0 Å². The van der Waals surface area contributed by atoms with Crippen LogP contribution in [0.3, 0.4) is 0 Å². The molecule has 27 heavy (non-hydrogen) atoms. The third-order valence-electron chi connectivity index (χ3n) is 4.84. The number of ether oxygens (including phenoxy) is 1. The van der Waals surface area contributed by atoms with Gasteiger partial charge in [0.2, 0.25) is 5.78 Å². The van der Waals surface area contributed by atoms with Gasteiger partial charge >= 0.3 is 12.0 Å². The first-order valence-corrected chi connectivity index (χ1v) is 9.36. The molecule has 1 N–H and O–H groups in total. The number of nitrogens with one attached hydrogen (secondary N) is 1. The summed E-state index contributed by atoms with van der Waals surface area (Å²) in [5, 5.41) is 3.24. The Morgan fingerprint density at radius 3 is 2.52 bits per heavy atom. The lowest BCUT2D eigenvalue weighted by Crippen LogP contribution is -2.48. The van der Waals surface area contributed by atoms with Crippen molar-refractivity contribution in [1.82, 2.24) is 10.2 Å². The molecule has 9 heteroatoms. The second kappa shape index (κ2) is 7.86. The van der Waals surface area contributed by atoms with Gasteiger partial charge in [-0.05, 0) is 31.0 Å². The van der Waals surface area contributed by atoms with E-state index in [4.69, 9.17) is 27.9 Å². The van der Waals surface area contributed by atoms with E-state index in [-0.39, 0.29) is 10.6 Å². The summed E-state index contributed by atoms with van der Waals surface area (Å²) in [6.07, 6.45) is 3.84. The van der Waals surface area contributed by atoms with Crippen molar-refractivity contribution in [3.8, 4) is 0 Å². The number of hydrogen-bond acceptors (Lipinski definition) is 5. The molecule has 3 rings (SSSR count). The monoisotopic (exact) mass is 412 g/mol. The SMILES string of the molecule is O=C(CN1C(=O)NC2(CCCCC2)C1=O)OCC(=O)c1ccc(Cl)cc1Cl. The number of rotatable bonds is 5. The smallest absolute Gasteiger partial charge is 0.326 e. The Labute approximate surface area is 165 Å². The molecule has 1 saturated heterocycles. The van der Waals surface area contributed by atoms with Gasteiger partial charge in [0.05, 0.1) is 5.02 Å². The number of nitrogens with zero attached hydrogens (tertiary/aromatic N) is 1. The van der Waals surface area contributed by atoms with E-state index < -0.39 is 42.4 Å². The van der Waals surface area contributed by atoms with Crippen LogP contribution in [-0.2, 0) is 14.3 Å². The van der Waals surface area contributed by atoms with Crippen LogP contribution in [0.5, 0.6) is 0 Å². The van der Waals surface area contributed by atoms with E-state index in [0.29, 0.717) is 17.9 Å². The molecule has 2 aliphatic rings. The molecule has 7 nitrogen and oxygen atoms in total. The molecule has 1 heterocycles. The van der Waals surface area contributed by atoms with Crippen LogP contribution in [-0.4, -0.2) is 47.3 Å². The van der Waals surface area contributed by atoms with E-state index in [9.17, 15) is 19.2 Å². The maximum atomic E-state index is 12.6. The number of esters is 1. The fourth-order valence-electron chi connectivity index (χ4n) is 3.43. The molecule has 2 fully saturated rings. The lowest BCUT2D eigenvalue weighted by atomic mass is 9.82. The second-order valence-electron chi connectivity index (χ2n) is 6.67. The topological polar surface area (TPSA) is 92.8 Å². The predicted molar refractivity (Wildman–Crippen MR) is 97.8 cm³/mol. The molecule has 1 aliphatic heterocycles. The highest BCUT2D eigenvalue weighted by molar-refractivity contribution is 6.36. The summed E-state index contributed by atoms with van der Waals surface area (Å²) < 4.78 is 4.92. The average Bonchev–Trinajstić information content (AvgIpc) is 2.84. The van der Waals surface area contributed by atoms with Crippen LogP contribution in [0.1, 0.15) is 42.5 Å². The van der Waals surface area contributed by atoms with Crippen molar-refractivity contribution in [1.29, 1.82) is 0 Å². The summed E-state index contributed by atoms with van der Waals surface area (Å²) in [7, 11) is 0. The molecule has 0 aromatic heterocycles. The fourth-order valence-corrected chi connectivity index (χ4v) is 3.94. The zero-order chi connectivity index (χ0) is 19.6. The molecule has 0 atom stereocenters. The Hall–Kier alpha value is -2.12. The Balaban J connectivity index is 1.57. The summed E-state index contributed by atoms with van der Waals surface area (Å²) >= 11 is 11.7. The molecule has 0 radical (unpaired) electrons. The molecule has 144 valence electrons. The Morgan fingerprint density at radius 1 is 1.15 bits per heavy atom. The number of benzene rings is 1. The van der Waals surface area contributed by atoms with Crippen LogP contribution in [0, 0.1) is 0 Å². The first kappa shape index (κ1) is 19.6. The second-order valence-corrected chi connectivity index (χ2v) is 7.52. The largest absolute Gasteiger partial charge is 0.456 e. The minimum atomic E-state index is -0.901. The number of carbonyl (C=O) groups is 4. The van der Waals surface area contributed by atoms with Crippen LogP contribution < -0.4 is 5.32 Å². The van der Waals surface area contributed by atoms with E-state index in [0.717, 1.165) is 24.2 Å². The zero-order valence-electron chi connectivity index (χ0n) is 14.4. The van der Waals surface area contributed by atoms with Crippen molar-refractivity contribution >= 4 is 46.9 Å². The molecule has 1 aromatic carbocycles. The Kier molecular flexibility index (Phi) is 5.72. The lowest BCUT2D eigenvalue weighted by molar-refractivity contribution is -0.147. The molecular formula is C18H18Cl2N2O5. The van der Waals surface area contributed by atoms with Crippen molar-refractivity contribution in [2.24, 2.45) is 0 Å². The highest BCUT2D eigenvalue weighted by Gasteiger charge is 2.51. The Bertz CT molecular complexity index is 805. The minimum Gasteiger partial charge on any atom is -0.456 e. The normalized spacial score (nSPS) is 18.5. The van der Waals surface area contributed by atoms with E-state index in [1.165, 1.54) is 18.2 Å². The zero-order valence-corrected chi connectivity index (χ0v) is 15.9. The quantitative estimate of drug-likeness (QED) is 0.455. The highest BCUT2D eigenvalue weighted by atomic mass is 35.5. The van der Waals surface area contributed by atoms with Crippen LogP contribution in [0.15, 0.2) is 18.2 Å². The summed E-state index contributed by atoms with van der Waals surface area (Å²) in [5.74, 6) is -1.76. The number of ketones is 1.